The Labute approximate surface area is 128 Å². The zero-order valence-electron chi connectivity index (χ0n) is 12.2. The maximum absolute atomic E-state index is 11.6. The van der Waals surface area contributed by atoms with Gasteiger partial charge in [0.05, 0.1) is 11.3 Å². The molecule has 0 fully saturated rings. The topological polar surface area (TPSA) is 63.1 Å². The van der Waals surface area contributed by atoms with Gasteiger partial charge in [0.15, 0.2) is 0 Å². The first-order valence-electron chi connectivity index (χ1n) is 6.95. The number of aromatic nitrogens is 2. The number of carboxylic acids is 1. The molecule has 0 aliphatic rings. The standard InChI is InChI=1S/C16H18N2O2S/c1-3-12-13(4-2)17-18-15(14(12)16(19)20)21-10-11-8-6-5-7-9-11/h5-9H,3-4,10H2,1-2H3,(H,19,20). The Morgan fingerprint density at radius 1 is 1.14 bits per heavy atom. The van der Waals surface area contributed by atoms with Crippen LogP contribution < -0.4 is 0 Å². The number of hydrogen-bond acceptors (Lipinski definition) is 4. The van der Waals surface area contributed by atoms with Crippen molar-refractivity contribution in [1.82, 2.24) is 10.2 Å². The molecule has 0 saturated heterocycles. The van der Waals surface area contributed by atoms with E-state index < -0.39 is 5.97 Å². The van der Waals surface area contributed by atoms with Crippen molar-refractivity contribution in [3.63, 3.8) is 0 Å². The van der Waals surface area contributed by atoms with Crippen LogP contribution in [0.5, 0.6) is 0 Å². The van der Waals surface area contributed by atoms with E-state index in [0.29, 0.717) is 29.2 Å². The minimum Gasteiger partial charge on any atom is -0.478 e. The van der Waals surface area contributed by atoms with Crippen molar-refractivity contribution in [3.05, 3.63) is 52.7 Å². The molecule has 0 saturated carbocycles. The van der Waals surface area contributed by atoms with Gasteiger partial charge in [0, 0.05) is 5.75 Å². The number of nitrogens with zero attached hydrogens (tertiary/aromatic N) is 2. The fourth-order valence-electron chi connectivity index (χ4n) is 2.20. The van der Waals surface area contributed by atoms with Gasteiger partial charge in [-0.1, -0.05) is 55.9 Å². The number of aromatic carboxylic acids is 1. The van der Waals surface area contributed by atoms with Crippen LogP contribution in [0.1, 0.15) is 41.0 Å². The average molecular weight is 302 g/mol. The Morgan fingerprint density at radius 3 is 2.43 bits per heavy atom. The predicted octanol–water partition coefficient (Wildman–Crippen LogP) is 3.59. The van der Waals surface area contributed by atoms with Gasteiger partial charge in [-0.25, -0.2) is 4.79 Å². The second-order valence-corrected chi connectivity index (χ2v) is 5.56. The minimum atomic E-state index is -0.924. The third-order valence-electron chi connectivity index (χ3n) is 3.25. The van der Waals surface area contributed by atoms with Crippen LogP contribution in [-0.2, 0) is 18.6 Å². The molecule has 1 heterocycles. The molecule has 0 unspecified atom stereocenters. The van der Waals surface area contributed by atoms with Crippen molar-refractivity contribution in [1.29, 1.82) is 0 Å². The van der Waals surface area contributed by atoms with Crippen LogP contribution in [-0.4, -0.2) is 21.3 Å². The van der Waals surface area contributed by atoms with Gasteiger partial charge in [0.25, 0.3) is 0 Å². The minimum absolute atomic E-state index is 0.310. The molecule has 0 bridgehead atoms. The second kappa shape index (κ2) is 7.22. The quantitative estimate of drug-likeness (QED) is 0.826. The summed E-state index contributed by atoms with van der Waals surface area (Å²) in [6.45, 7) is 3.92. The van der Waals surface area contributed by atoms with Crippen molar-refractivity contribution in [3.8, 4) is 0 Å². The molecule has 0 radical (unpaired) electrons. The molecule has 4 nitrogen and oxygen atoms in total. The zero-order valence-corrected chi connectivity index (χ0v) is 13.0. The molecule has 1 aromatic heterocycles. The largest absolute Gasteiger partial charge is 0.478 e. The van der Waals surface area contributed by atoms with E-state index in [1.807, 2.05) is 44.2 Å². The Bertz CT molecular complexity index is 630. The highest BCUT2D eigenvalue weighted by Gasteiger charge is 2.20. The third-order valence-corrected chi connectivity index (χ3v) is 4.28. The molecular formula is C16H18N2O2S. The van der Waals surface area contributed by atoms with E-state index in [1.165, 1.54) is 11.8 Å². The summed E-state index contributed by atoms with van der Waals surface area (Å²) in [6.07, 6.45) is 1.35. The summed E-state index contributed by atoms with van der Waals surface area (Å²) < 4.78 is 0. The molecular weight excluding hydrogens is 284 g/mol. The number of carbonyl (C=O) groups is 1. The van der Waals surface area contributed by atoms with Crippen molar-refractivity contribution >= 4 is 17.7 Å². The van der Waals surface area contributed by atoms with Gasteiger partial charge in [0.2, 0.25) is 0 Å². The highest BCUT2D eigenvalue weighted by atomic mass is 32.2. The Balaban J connectivity index is 2.32. The molecule has 2 aromatic rings. The Kier molecular flexibility index (Phi) is 5.33. The van der Waals surface area contributed by atoms with Gasteiger partial charge in [-0.05, 0) is 24.0 Å². The van der Waals surface area contributed by atoms with Crippen LogP contribution in [0.25, 0.3) is 0 Å². The summed E-state index contributed by atoms with van der Waals surface area (Å²) in [7, 11) is 0. The van der Waals surface area contributed by atoms with Gasteiger partial charge < -0.3 is 5.11 Å². The Hall–Kier alpha value is -1.88. The molecule has 0 aliphatic carbocycles. The molecule has 110 valence electrons. The van der Waals surface area contributed by atoms with Crippen LogP contribution in [0.3, 0.4) is 0 Å². The lowest BCUT2D eigenvalue weighted by Gasteiger charge is -2.11. The van der Waals surface area contributed by atoms with Gasteiger partial charge in [-0.15, -0.1) is 5.10 Å². The van der Waals surface area contributed by atoms with E-state index in [0.717, 1.165) is 16.8 Å². The molecule has 1 aromatic carbocycles. The Morgan fingerprint density at radius 2 is 1.86 bits per heavy atom. The van der Waals surface area contributed by atoms with Gasteiger partial charge in [-0.2, -0.15) is 5.10 Å². The predicted molar refractivity (Wildman–Crippen MR) is 83.8 cm³/mol. The zero-order chi connectivity index (χ0) is 15.2. The van der Waals surface area contributed by atoms with Crippen LogP contribution >= 0.6 is 11.8 Å². The number of carboxylic acid groups (broad SMARTS) is 1. The molecule has 5 heteroatoms. The highest BCUT2D eigenvalue weighted by molar-refractivity contribution is 7.98. The van der Waals surface area contributed by atoms with Gasteiger partial charge in [0.1, 0.15) is 5.03 Å². The lowest BCUT2D eigenvalue weighted by atomic mass is 10.0. The van der Waals surface area contributed by atoms with Crippen molar-refractivity contribution < 1.29 is 9.90 Å². The molecule has 0 aliphatic heterocycles. The van der Waals surface area contributed by atoms with Crippen molar-refractivity contribution in [2.75, 3.05) is 0 Å². The van der Waals surface area contributed by atoms with Crippen molar-refractivity contribution in [2.45, 2.75) is 37.5 Å². The second-order valence-electron chi connectivity index (χ2n) is 4.59. The summed E-state index contributed by atoms with van der Waals surface area (Å²) in [5.74, 6) is -0.239. The van der Waals surface area contributed by atoms with E-state index in [2.05, 4.69) is 10.2 Å². The van der Waals surface area contributed by atoms with Crippen LogP contribution in [0.2, 0.25) is 0 Å². The lowest BCUT2D eigenvalue weighted by molar-refractivity contribution is 0.0690. The van der Waals surface area contributed by atoms with Gasteiger partial charge in [-0.3, -0.25) is 0 Å². The van der Waals surface area contributed by atoms with Crippen LogP contribution in [0, 0.1) is 0 Å². The maximum atomic E-state index is 11.6. The summed E-state index contributed by atoms with van der Waals surface area (Å²) in [4.78, 5) is 11.6. The monoisotopic (exact) mass is 302 g/mol. The van der Waals surface area contributed by atoms with Crippen molar-refractivity contribution in [2.24, 2.45) is 0 Å². The fourth-order valence-corrected chi connectivity index (χ4v) is 3.15. The third kappa shape index (κ3) is 3.61. The number of rotatable bonds is 6. The first-order chi connectivity index (χ1) is 10.2. The summed E-state index contributed by atoms with van der Waals surface area (Å²) >= 11 is 1.42. The number of benzene rings is 1. The van der Waals surface area contributed by atoms with Gasteiger partial charge >= 0.3 is 5.97 Å². The summed E-state index contributed by atoms with van der Waals surface area (Å²) in [5, 5.41) is 18.3. The normalized spacial score (nSPS) is 10.6. The first-order valence-corrected chi connectivity index (χ1v) is 7.94. The first kappa shape index (κ1) is 15.5. The molecule has 1 N–H and O–H groups in total. The smallest absolute Gasteiger partial charge is 0.338 e. The number of thioether (sulfide) groups is 1. The molecule has 0 spiro atoms. The van der Waals surface area contributed by atoms with E-state index in [9.17, 15) is 9.90 Å². The highest BCUT2D eigenvalue weighted by Crippen LogP contribution is 2.27. The number of hydrogen-bond donors (Lipinski definition) is 1. The molecule has 2 rings (SSSR count). The maximum Gasteiger partial charge on any atom is 0.338 e. The lowest BCUT2D eigenvalue weighted by Crippen LogP contribution is -2.11. The van der Waals surface area contributed by atoms with Crippen LogP contribution in [0.4, 0.5) is 0 Å². The van der Waals surface area contributed by atoms with Crippen LogP contribution in [0.15, 0.2) is 35.4 Å². The van der Waals surface area contributed by atoms with E-state index in [4.69, 9.17) is 0 Å². The fraction of sp³-hybridized carbons (Fsp3) is 0.312. The summed E-state index contributed by atoms with van der Waals surface area (Å²) in [5.41, 5.74) is 3.03. The SMILES string of the molecule is CCc1nnc(SCc2ccccc2)c(C(=O)O)c1CC. The number of aryl methyl sites for hydroxylation is 1. The average Bonchev–Trinajstić information content (AvgIpc) is 2.52. The van der Waals surface area contributed by atoms with E-state index in [-0.39, 0.29) is 0 Å². The van der Waals surface area contributed by atoms with E-state index in [1.54, 1.807) is 0 Å². The molecule has 0 atom stereocenters. The molecule has 21 heavy (non-hydrogen) atoms. The summed E-state index contributed by atoms with van der Waals surface area (Å²) in [6, 6.07) is 9.93. The molecule has 0 amide bonds. The van der Waals surface area contributed by atoms with E-state index >= 15 is 0 Å².